The molecule has 0 spiro atoms. The van der Waals surface area contributed by atoms with Crippen molar-refractivity contribution in [3.8, 4) is 17.6 Å². The lowest BCUT2D eigenvalue weighted by Gasteiger charge is -2.27. The Bertz CT molecular complexity index is 1100. The molecule has 1 heterocycles. The molecule has 30 heavy (non-hydrogen) atoms. The lowest BCUT2D eigenvalue weighted by atomic mass is 10.0. The lowest BCUT2D eigenvalue weighted by molar-refractivity contribution is -0.112. The van der Waals surface area contributed by atoms with Gasteiger partial charge in [-0.1, -0.05) is 42.5 Å². The summed E-state index contributed by atoms with van der Waals surface area (Å²) in [4.78, 5) is 14.6. The number of hydrogen-bond donors (Lipinski definition) is 1. The minimum atomic E-state index is -0.423. The summed E-state index contributed by atoms with van der Waals surface area (Å²) < 4.78 is 5.75. The van der Waals surface area contributed by atoms with E-state index in [4.69, 9.17) is 4.74 Å². The van der Waals surface area contributed by atoms with Crippen LogP contribution in [0.4, 0.5) is 5.69 Å². The predicted molar refractivity (Wildman–Crippen MR) is 116 cm³/mol. The zero-order valence-corrected chi connectivity index (χ0v) is 16.4. The van der Waals surface area contributed by atoms with Crippen LogP contribution in [0.3, 0.4) is 0 Å². The first-order valence-corrected chi connectivity index (χ1v) is 9.78. The molecule has 1 N–H and O–H groups in total. The molecule has 0 saturated carbocycles. The maximum atomic E-state index is 12.6. The standard InChI is InChI=1S/C25H21N3O2/c26-16-21(18-28-15-14-19-6-4-5-7-20(19)17-28)25(29)27-22-10-12-24(13-11-22)30-23-8-2-1-3-9-23/h1-13,18H,14-15,17H2,(H,27,29)/b21-18-. The number of rotatable bonds is 5. The third-order valence-electron chi connectivity index (χ3n) is 4.93. The molecule has 0 bridgehead atoms. The fourth-order valence-corrected chi connectivity index (χ4v) is 3.38. The van der Waals surface area contributed by atoms with Crippen molar-refractivity contribution in [1.82, 2.24) is 4.90 Å². The number of nitrogens with zero attached hydrogens (tertiary/aromatic N) is 2. The van der Waals surface area contributed by atoms with Crippen molar-refractivity contribution in [3.63, 3.8) is 0 Å². The maximum Gasteiger partial charge on any atom is 0.267 e. The van der Waals surface area contributed by atoms with Crippen molar-refractivity contribution in [1.29, 1.82) is 5.26 Å². The Kier molecular flexibility index (Phi) is 5.77. The van der Waals surface area contributed by atoms with E-state index < -0.39 is 5.91 Å². The van der Waals surface area contributed by atoms with Gasteiger partial charge in [0.1, 0.15) is 23.1 Å². The molecule has 1 aliphatic heterocycles. The zero-order valence-electron chi connectivity index (χ0n) is 16.4. The Morgan fingerprint density at radius 2 is 1.60 bits per heavy atom. The highest BCUT2D eigenvalue weighted by Gasteiger charge is 2.16. The van der Waals surface area contributed by atoms with Gasteiger partial charge >= 0.3 is 0 Å². The molecule has 0 saturated heterocycles. The van der Waals surface area contributed by atoms with Crippen molar-refractivity contribution in [2.75, 3.05) is 11.9 Å². The van der Waals surface area contributed by atoms with E-state index in [0.29, 0.717) is 18.0 Å². The Labute approximate surface area is 175 Å². The summed E-state index contributed by atoms with van der Waals surface area (Å²) in [5.41, 5.74) is 3.24. The maximum absolute atomic E-state index is 12.6. The van der Waals surface area contributed by atoms with Crippen LogP contribution in [0.15, 0.2) is 90.6 Å². The normalized spacial score (nSPS) is 13.2. The van der Waals surface area contributed by atoms with Gasteiger partial charge in [0.05, 0.1) is 0 Å². The summed E-state index contributed by atoms with van der Waals surface area (Å²) >= 11 is 0. The molecule has 5 nitrogen and oxygen atoms in total. The highest BCUT2D eigenvalue weighted by atomic mass is 16.5. The van der Waals surface area contributed by atoms with Gasteiger partial charge in [0.25, 0.3) is 5.91 Å². The molecule has 3 aromatic carbocycles. The molecule has 148 valence electrons. The fourth-order valence-electron chi connectivity index (χ4n) is 3.38. The Morgan fingerprint density at radius 3 is 2.33 bits per heavy atom. The van der Waals surface area contributed by atoms with E-state index in [9.17, 15) is 10.1 Å². The second kappa shape index (κ2) is 8.97. The number of fused-ring (bicyclic) bond motifs is 1. The molecular formula is C25H21N3O2. The van der Waals surface area contributed by atoms with E-state index in [2.05, 4.69) is 17.4 Å². The van der Waals surface area contributed by atoms with Gasteiger partial charge in [-0.25, -0.2) is 0 Å². The minimum Gasteiger partial charge on any atom is -0.457 e. The topological polar surface area (TPSA) is 65.4 Å². The summed E-state index contributed by atoms with van der Waals surface area (Å²) in [6.45, 7) is 1.47. The van der Waals surface area contributed by atoms with Gasteiger partial charge in [0.15, 0.2) is 0 Å². The third-order valence-corrected chi connectivity index (χ3v) is 4.93. The molecule has 0 fully saturated rings. The molecule has 0 aromatic heterocycles. The van der Waals surface area contributed by atoms with E-state index in [-0.39, 0.29) is 5.57 Å². The number of hydrogen-bond acceptors (Lipinski definition) is 4. The first-order chi connectivity index (χ1) is 14.7. The minimum absolute atomic E-state index is 0.0824. The van der Waals surface area contributed by atoms with Crippen LogP contribution in [0.25, 0.3) is 0 Å². The summed E-state index contributed by atoms with van der Waals surface area (Å²) in [7, 11) is 0. The van der Waals surface area contributed by atoms with E-state index in [1.807, 2.05) is 53.4 Å². The van der Waals surface area contributed by atoms with Crippen molar-refractivity contribution >= 4 is 11.6 Å². The first kappa shape index (κ1) is 19.3. The number of nitriles is 1. The fraction of sp³-hybridized carbons (Fsp3) is 0.120. The molecule has 0 unspecified atom stereocenters. The van der Waals surface area contributed by atoms with Crippen LogP contribution < -0.4 is 10.1 Å². The third kappa shape index (κ3) is 4.68. The number of carbonyl (C=O) groups excluding carboxylic acids is 1. The van der Waals surface area contributed by atoms with Gasteiger partial charge in [-0.3, -0.25) is 4.79 Å². The number of anilines is 1. The Hall–Kier alpha value is -4.04. The SMILES string of the molecule is N#C/C(=C/N1CCc2ccccc2C1)C(=O)Nc1ccc(Oc2ccccc2)cc1. The van der Waals surface area contributed by atoms with Gasteiger partial charge in [0, 0.05) is 25.0 Å². The van der Waals surface area contributed by atoms with Crippen LogP contribution in [0.1, 0.15) is 11.1 Å². The summed E-state index contributed by atoms with van der Waals surface area (Å²) in [5.74, 6) is 0.988. The molecule has 0 aliphatic carbocycles. The lowest BCUT2D eigenvalue weighted by Crippen LogP contribution is -2.27. The number of benzene rings is 3. The van der Waals surface area contributed by atoms with Gasteiger partial charge in [-0.2, -0.15) is 5.26 Å². The monoisotopic (exact) mass is 395 g/mol. The van der Waals surface area contributed by atoms with E-state index >= 15 is 0 Å². The zero-order chi connectivity index (χ0) is 20.8. The highest BCUT2D eigenvalue weighted by molar-refractivity contribution is 6.06. The first-order valence-electron chi connectivity index (χ1n) is 9.78. The molecule has 0 atom stereocenters. The van der Waals surface area contributed by atoms with E-state index in [1.54, 1.807) is 30.5 Å². The molecule has 1 aliphatic rings. The van der Waals surface area contributed by atoms with Crippen molar-refractivity contribution in [2.24, 2.45) is 0 Å². The number of nitrogens with one attached hydrogen (secondary N) is 1. The predicted octanol–water partition coefficient (Wildman–Crippen LogP) is 4.88. The van der Waals surface area contributed by atoms with Gasteiger partial charge in [-0.15, -0.1) is 0 Å². The highest BCUT2D eigenvalue weighted by Crippen LogP contribution is 2.23. The van der Waals surface area contributed by atoms with Crippen LogP contribution >= 0.6 is 0 Å². The quantitative estimate of drug-likeness (QED) is 0.494. The Morgan fingerprint density at radius 1 is 0.933 bits per heavy atom. The molecule has 4 rings (SSSR count). The van der Waals surface area contributed by atoms with Gasteiger partial charge in [-0.05, 0) is 53.9 Å². The second-order valence-corrected chi connectivity index (χ2v) is 7.04. The number of amides is 1. The van der Waals surface area contributed by atoms with Crippen LogP contribution in [-0.2, 0) is 17.8 Å². The van der Waals surface area contributed by atoms with Crippen molar-refractivity contribution in [3.05, 3.63) is 102 Å². The van der Waals surface area contributed by atoms with Gasteiger partial charge < -0.3 is 15.0 Å². The van der Waals surface area contributed by atoms with Crippen LogP contribution in [0.2, 0.25) is 0 Å². The summed E-state index contributed by atoms with van der Waals surface area (Å²) in [5, 5.41) is 12.3. The molecule has 3 aromatic rings. The van der Waals surface area contributed by atoms with Crippen LogP contribution in [0, 0.1) is 11.3 Å². The second-order valence-electron chi connectivity index (χ2n) is 7.04. The van der Waals surface area contributed by atoms with Crippen molar-refractivity contribution in [2.45, 2.75) is 13.0 Å². The largest absolute Gasteiger partial charge is 0.457 e. The summed E-state index contributed by atoms with van der Waals surface area (Å²) in [6.07, 6.45) is 2.55. The molecule has 0 radical (unpaired) electrons. The van der Waals surface area contributed by atoms with E-state index in [1.165, 1.54) is 11.1 Å². The van der Waals surface area contributed by atoms with Crippen LogP contribution in [-0.4, -0.2) is 17.4 Å². The molecular weight excluding hydrogens is 374 g/mol. The smallest absolute Gasteiger partial charge is 0.267 e. The molecule has 5 heteroatoms. The van der Waals surface area contributed by atoms with Crippen LogP contribution in [0.5, 0.6) is 11.5 Å². The number of carbonyl (C=O) groups is 1. The number of ether oxygens (including phenoxy) is 1. The van der Waals surface area contributed by atoms with E-state index in [0.717, 1.165) is 18.7 Å². The van der Waals surface area contributed by atoms with Crippen molar-refractivity contribution < 1.29 is 9.53 Å². The average molecular weight is 395 g/mol. The summed E-state index contributed by atoms with van der Waals surface area (Å²) in [6, 6.07) is 26.8. The average Bonchev–Trinajstić information content (AvgIpc) is 2.79. The Balaban J connectivity index is 1.40. The number of para-hydroxylation sites is 1. The van der Waals surface area contributed by atoms with Gasteiger partial charge in [0.2, 0.25) is 0 Å². The molecule has 1 amide bonds.